The molecule has 5 rings (SSSR count). The molecule has 1 atom stereocenters. The van der Waals surface area contributed by atoms with Gasteiger partial charge in [-0.05, 0) is 39.5 Å². The Kier molecular flexibility index (Phi) is 5.50. The van der Waals surface area contributed by atoms with Gasteiger partial charge in [0.25, 0.3) is 0 Å². The smallest absolute Gasteiger partial charge is 0.317 e. The molecule has 0 spiro atoms. The van der Waals surface area contributed by atoms with Crippen molar-refractivity contribution in [1.82, 2.24) is 39.7 Å². The number of aryl methyl sites for hydroxylation is 2. The van der Waals surface area contributed by atoms with Gasteiger partial charge >= 0.3 is 6.03 Å². The van der Waals surface area contributed by atoms with Gasteiger partial charge in [0.15, 0.2) is 17.0 Å². The van der Waals surface area contributed by atoms with E-state index in [2.05, 4.69) is 30.2 Å². The van der Waals surface area contributed by atoms with Crippen LogP contribution in [0.15, 0.2) is 23.7 Å². The summed E-state index contributed by atoms with van der Waals surface area (Å²) in [5.41, 5.74) is 2.21. The van der Waals surface area contributed by atoms with Crippen molar-refractivity contribution < 1.29 is 4.79 Å². The number of carbonyl (C=O) groups excluding carboxylic acids is 1. The molecular formula is C22H27N9O. The summed E-state index contributed by atoms with van der Waals surface area (Å²) in [6, 6.07) is 0.396. The number of hydrogen-bond acceptors (Lipinski definition) is 7. The number of nitrogens with one attached hydrogen (secondary N) is 1. The number of hydrogen-bond donors (Lipinski definition) is 1. The van der Waals surface area contributed by atoms with Crippen molar-refractivity contribution in [1.29, 1.82) is 0 Å². The van der Waals surface area contributed by atoms with Gasteiger partial charge in [-0.25, -0.2) is 34.7 Å². The van der Waals surface area contributed by atoms with Crippen molar-refractivity contribution in [2.75, 3.05) is 13.1 Å². The van der Waals surface area contributed by atoms with Crippen LogP contribution in [0, 0.1) is 12.8 Å². The SMILES string of the molecule is CCn1c(-c2cnc(C)nc2)nc2c(/N=C\C3CCN(C(=O)NC4CCC4)C3)ncnc21. The fourth-order valence-electron chi connectivity index (χ4n) is 4.14. The monoisotopic (exact) mass is 433 g/mol. The van der Waals surface area contributed by atoms with Gasteiger partial charge < -0.3 is 14.8 Å². The summed E-state index contributed by atoms with van der Waals surface area (Å²) in [6.07, 6.45) is 11.3. The summed E-state index contributed by atoms with van der Waals surface area (Å²) in [5, 5.41) is 3.11. The summed E-state index contributed by atoms with van der Waals surface area (Å²) >= 11 is 0. The summed E-state index contributed by atoms with van der Waals surface area (Å²) in [5.74, 6) is 2.20. The maximum atomic E-state index is 12.4. The topological polar surface area (TPSA) is 114 Å². The van der Waals surface area contributed by atoms with Crippen LogP contribution in [0.3, 0.4) is 0 Å². The third-order valence-electron chi connectivity index (χ3n) is 6.22. The summed E-state index contributed by atoms with van der Waals surface area (Å²) < 4.78 is 2.02. The lowest BCUT2D eigenvalue weighted by Gasteiger charge is -2.28. The minimum Gasteiger partial charge on any atom is -0.335 e. The van der Waals surface area contributed by atoms with E-state index >= 15 is 0 Å². The molecule has 10 heteroatoms. The number of urea groups is 1. The first-order valence-electron chi connectivity index (χ1n) is 11.2. The molecule has 32 heavy (non-hydrogen) atoms. The van der Waals surface area contributed by atoms with Gasteiger partial charge in [-0.3, -0.25) is 0 Å². The van der Waals surface area contributed by atoms with Crippen molar-refractivity contribution in [3.63, 3.8) is 0 Å². The van der Waals surface area contributed by atoms with Gasteiger partial charge in [0.1, 0.15) is 18.0 Å². The van der Waals surface area contributed by atoms with E-state index in [0.717, 1.165) is 42.8 Å². The highest BCUT2D eigenvalue weighted by molar-refractivity contribution is 5.86. The number of aliphatic imine (C=N–C) groups is 1. The average Bonchev–Trinajstić information content (AvgIpc) is 3.40. The van der Waals surface area contributed by atoms with E-state index in [4.69, 9.17) is 4.98 Å². The molecule has 166 valence electrons. The van der Waals surface area contributed by atoms with Crippen LogP contribution in [0.5, 0.6) is 0 Å². The quantitative estimate of drug-likeness (QED) is 0.619. The van der Waals surface area contributed by atoms with Crippen LogP contribution < -0.4 is 5.32 Å². The first kappa shape index (κ1) is 20.5. The Hall–Kier alpha value is -3.43. The zero-order valence-electron chi connectivity index (χ0n) is 18.4. The molecule has 1 saturated heterocycles. The molecule has 0 aromatic carbocycles. The van der Waals surface area contributed by atoms with Crippen molar-refractivity contribution in [3.05, 3.63) is 24.5 Å². The molecule has 4 heterocycles. The fourth-order valence-corrected chi connectivity index (χ4v) is 4.14. The second kappa shape index (κ2) is 8.60. The van der Waals surface area contributed by atoms with E-state index in [9.17, 15) is 4.79 Å². The van der Waals surface area contributed by atoms with Crippen molar-refractivity contribution in [3.8, 4) is 11.4 Å². The predicted octanol–water partition coefficient (Wildman–Crippen LogP) is 2.90. The number of likely N-dealkylation sites (tertiary alicyclic amines) is 1. The molecule has 2 aliphatic rings. The van der Waals surface area contributed by atoms with Crippen LogP contribution in [0.1, 0.15) is 38.4 Å². The summed E-state index contributed by atoms with van der Waals surface area (Å²) in [7, 11) is 0. The average molecular weight is 434 g/mol. The highest BCUT2D eigenvalue weighted by Crippen LogP contribution is 2.28. The zero-order chi connectivity index (χ0) is 22.1. The number of nitrogens with zero attached hydrogens (tertiary/aromatic N) is 8. The van der Waals surface area contributed by atoms with Gasteiger partial charge in [-0.15, -0.1) is 0 Å². The van der Waals surface area contributed by atoms with Gasteiger partial charge in [0.05, 0.1) is 5.56 Å². The van der Waals surface area contributed by atoms with Gasteiger partial charge in [0, 0.05) is 50.2 Å². The second-order valence-electron chi connectivity index (χ2n) is 8.42. The molecule has 1 unspecified atom stereocenters. The van der Waals surface area contributed by atoms with Crippen molar-refractivity contribution in [2.45, 2.75) is 52.1 Å². The predicted molar refractivity (Wildman–Crippen MR) is 121 cm³/mol. The molecule has 0 radical (unpaired) electrons. The highest BCUT2D eigenvalue weighted by atomic mass is 16.2. The molecule has 0 bridgehead atoms. The molecule has 1 saturated carbocycles. The van der Waals surface area contributed by atoms with Crippen LogP contribution in [0.2, 0.25) is 0 Å². The van der Waals surface area contributed by atoms with E-state index in [0.29, 0.717) is 36.3 Å². The molecule has 1 N–H and O–H groups in total. The second-order valence-corrected chi connectivity index (χ2v) is 8.42. The van der Waals surface area contributed by atoms with Crippen LogP contribution in [-0.4, -0.2) is 65.8 Å². The van der Waals surface area contributed by atoms with E-state index in [1.165, 1.54) is 12.7 Å². The fraction of sp³-hybridized carbons (Fsp3) is 0.500. The minimum absolute atomic E-state index is 0.0432. The van der Waals surface area contributed by atoms with Crippen LogP contribution in [0.25, 0.3) is 22.6 Å². The minimum atomic E-state index is 0.0432. The van der Waals surface area contributed by atoms with E-state index in [-0.39, 0.29) is 11.9 Å². The third-order valence-corrected chi connectivity index (χ3v) is 6.22. The maximum absolute atomic E-state index is 12.4. The molecule has 3 aromatic rings. The Morgan fingerprint density at radius 2 is 2.03 bits per heavy atom. The number of rotatable bonds is 5. The van der Waals surface area contributed by atoms with Gasteiger partial charge in [-0.2, -0.15) is 0 Å². The van der Waals surface area contributed by atoms with Crippen molar-refractivity contribution >= 4 is 29.2 Å². The largest absolute Gasteiger partial charge is 0.335 e. The van der Waals surface area contributed by atoms with E-state index < -0.39 is 0 Å². The number of imidazole rings is 1. The van der Waals surface area contributed by atoms with Crippen molar-refractivity contribution in [2.24, 2.45) is 10.9 Å². The number of aromatic nitrogens is 6. The molecule has 10 nitrogen and oxygen atoms in total. The van der Waals surface area contributed by atoms with Gasteiger partial charge in [-0.1, -0.05) is 0 Å². The van der Waals surface area contributed by atoms with Crippen LogP contribution >= 0.6 is 0 Å². The number of carbonyl (C=O) groups is 1. The lowest BCUT2D eigenvalue weighted by Crippen LogP contribution is -2.46. The Bertz CT molecular complexity index is 1150. The number of amides is 2. The lowest BCUT2D eigenvalue weighted by atomic mass is 9.93. The first-order valence-corrected chi connectivity index (χ1v) is 11.2. The van der Waals surface area contributed by atoms with Gasteiger partial charge in [0.2, 0.25) is 0 Å². The molecule has 1 aliphatic heterocycles. The zero-order valence-corrected chi connectivity index (χ0v) is 18.4. The van der Waals surface area contributed by atoms with Crippen LogP contribution in [0.4, 0.5) is 10.6 Å². The first-order chi connectivity index (χ1) is 15.6. The van der Waals surface area contributed by atoms with E-state index in [1.807, 2.05) is 29.5 Å². The normalized spacial score (nSPS) is 19.1. The molecule has 2 fully saturated rings. The lowest BCUT2D eigenvalue weighted by molar-refractivity contribution is 0.196. The molecular weight excluding hydrogens is 406 g/mol. The summed E-state index contributed by atoms with van der Waals surface area (Å²) in [6.45, 7) is 6.02. The number of fused-ring (bicyclic) bond motifs is 1. The third kappa shape index (κ3) is 3.92. The maximum Gasteiger partial charge on any atom is 0.317 e. The Morgan fingerprint density at radius 3 is 2.75 bits per heavy atom. The Balaban J connectivity index is 1.36. The Morgan fingerprint density at radius 1 is 1.22 bits per heavy atom. The standard InChI is InChI=1S/C22H27N9O/c1-3-31-20(16-10-23-14(2)24-11-16)29-18-19(26-13-27-21(18)31)25-9-15-7-8-30(12-15)22(32)28-17-5-4-6-17/h9-11,13,15,17H,3-8,12H2,1-2H3,(H,28,32)/b25-9-. The highest BCUT2D eigenvalue weighted by Gasteiger charge is 2.28. The molecule has 2 amide bonds. The Labute approximate surface area is 186 Å². The molecule has 1 aliphatic carbocycles. The summed E-state index contributed by atoms with van der Waals surface area (Å²) in [4.78, 5) is 41.1. The van der Waals surface area contributed by atoms with E-state index in [1.54, 1.807) is 12.4 Å². The van der Waals surface area contributed by atoms with Crippen LogP contribution in [-0.2, 0) is 6.54 Å². The molecule has 3 aromatic heterocycles.